The molecule has 0 saturated carbocycles. The molecule has 1 unspecified atom stereocenters. The van der Waals surface area contributed by atoms with Gasteiger partial charge in [0.25, 0.3) is 5.91 Å². The third-order valence-electron chi connectivity index (χ3n) is 2.70. The SMILES string of the molecule is CN(C)C1=NC(C)(c2cccc(F)c2)NC1=O. The maximum atomic E-state index is 13.2. The van der Waals surface area contributed by atoms with Crippen LogP contribution in [0.15, 0.2) is 29.3 Å². The molecule has 1 aromatic rings. The topological polar surface area (TPSA) is 44.7 Å². The smallest absolute Gasteiger partial charge is 0.288 e. The fourth-order valence-corrected chi connectivity index (χ4v) is 1.80. The van der Waals surface area contributed by atoms with Crippen LogP contribution in [0.4, 0.5) is 4.39 Å². The number of nitrogens with one attached hydrogen (secondary N) is 1. The second-order valence-electron chi connectivity index (χ2n) is 4.37. The molecule has 4 nitrogen and oxygen atoms in total. The van der Waals surface area contributed by atoms with Gasteiger partial charge < -0.3 is 10.2 Å². The molecule has 90 valence electrons. The average molecular weight is 235 g/mol. The molecule has 0 saturated heterocycles. The standard InChI is InChI=1S/C12H14FN3O/c1-12(8-5-4-6-9(13)7-8)14-10(16(2)3)11(17)15-12/h4-7H,1-3H3,(H,15,17). The van der Waals surface area contributed by atoms with E-state index in [9.17, 15) is 9.18 Å². The fourth-order valence-electron chi connectivity index (χ4n) is 1.80. The quantitative estimate of drug-likeness (QED) is 0.792. The van der Waals surface area contributed by atoms with Crippen molar-refractivity contribution in [2.45, 2.75) is 12.6 Å². The van der Waals surface area contributed by atoms with Gasteiger partial charge in [-0.3, -0.25) is 4.79 Å². The lowest BCUT2D eigenvalue weighted by molar-refractivity contribution is -0.115. The molecule has 1 aliphatic heterocycles. The Morgan fingerprint density at radius 1 is 1.41 bits per heavy atom. The minimum absolute atomic E-state index is 0.248. The lowest BCUT2D eigenvalue weighted by atomic mass is 10.0. The Bertz CT molecular complexity index is 498. The van der Waals surface area contributed by atoms with Gasteiger partial charge in [-0.05, 0) is 19.1 Å². The maximum absolute atomic E-state index is 13.2. The lowest BCUT2D eigenvalue weighted by Gasteiger charge is -2.21. The molecule has 5 heteroatoms. The minimum atomic E-state index is -0.890. The Kier molecular flexibility index (Phi) is 2.61. The molecule has 0 aromatic heterocycles. The number of aliphatic imine (C=N–C) groups is 1. The van der Waals surface area contributed by atoms with Crippen molar-refractivity contribution in [3.8, 4) is 0 Å². The van der Waals surface area contributed by atoms with Crippen molar-refractivity contribution in [1.29, 1.82) is 0 Å². The van der Waals surface area contributed by atoms with E-state index >= 15 is 0 Å². The molecule has 1 aromatic carbocycles. The van der Waals surface area contributed by atoms with Gasteiger partial charge in [0.2, 0.25) is 0 Å². The summed E-state index contributed by atoms with van der Waals surface area (Å²) in [6.45, 7) is 1.75. The van der Waals surface area contributed by atoms with E-state index in [2.05, 4.69) is 10.3 Å². The maximum Gasteiger partial charge on any atom is 0.288 e. The summed E-state index contributed by atoms with van der Waals surface area (Å²) >= 11 is 0. The van der Waals surface area contributed by atoms with E-state index in [-0.39, 0.29) is 11.7 Å². The van der Waals surface area contributed by atoms with Gasteiger partial charge in [-0.25, -0.2) is 9.38 Å². The molecule has 2 rings (SSSR count). The van der Waals surface area contributed by atoms with E-state index < -0.39 is 5.66 Å². The molecule has 1 aliphatic rings. The third kappa shape index (κ3) is 2.00. The van der Waals surface area contributed by atoms with Gasteiger partial charge in [0.15, 0.2) is 11.5 Å². The Morgan fingerprint density at radius 3 is 2.65 bits per heavy atom. The number of rotatable bonds is 1. The van der Waals surface area contributed by atoms with Gasteiger partial charge in [0.05, 0.1) is 0 Å². The summed E-state index contributed by atoms with van der Waals surface area (Å²) in [5.74, 6) is -0.245. The van der Waals surface area contributed by atoms with Gasteiger partial charge in [-0.15, -0.1) is 0 Å². The summed E-state index contributed by atoms with van der Waals surface area (Å²) in [5.41, 5.74) is -0.263. The molecule has 1 atom stereocenters. The molecule has 0 fully saturated rings. The van der Waals surface area contributed by atoms with Gasteiger partial charge in [-0.1, -0.05) is 12.1 Å². The van der Waals surface area contributed by atoms with Crippen LogP contribution in [0.1, 0.15) is 12.5 Å². The molecular formula is C12H14FN3O. The van der Waals surface area contributed by atoms with Crippen molar-refractivity contribution in [3.05, 3.63) is 35.6 Å². The van der Waals surface area contributed by atoms with Crippen molar-refractivity contribution in [2.75, 3.05) is 14.1 Å². The summed E-state index contributed by atoms with van der Waals surface area (Å²) < 4.78 is 13.2. The van der Waals surface area contributed by atoms with Crippen LogP contribution in [0.3, 0.4) is 0 Å². The summed E-state index contributed by atoms with van der Waals surface area (Å²) in [6.07, 6.45) is 0. The number of amides is 1. The van der Waals surface area contributed by atoms with Gasteiger partial charge in [0, 0.05) is 19.7 Å². The second-order valence-corrected chi connectivity index (χ2v) is 4.37. The van der Waals surface area contributed by atoms with E-state index in [1.54, 1.807) is 38.1 Å². The molecule has 0 spiro atoms. The van der Waals surface area contributed by atoms with Gasteiger partial charge >= 0.3 is 0 Å². The van der Waals surface area contributed by atoms with E-state index in [0.717, 1.165) is 0 Å². The third-order valence-corrected chi connectivity index (χ3v) is 2.70. The Labute approximate surface area is 99.1 Å². The number of benzene rings is 1. The average Bonchev–Trinajstić information content (AvgIpc) is 2.56. The molecule has 0 bridgehead atoms. The van der Waals surface area contributed by atoms with Crippen LogP contribution >= 0.6 is 0 Å². The van der Waals surface area contributed by atoms with E-state index in [1.165, 1.54) is 12.1 Å². The van der Waals surface area contributed by atoms with Crippen LogP contribution < -0.4 is 5.32 Å². The molecule has 17 heavy (non-hydrogen) atoms. The van der Waals surface area contributed by atoms with Crippen molar-refractivity contribution >= 4 is 11.7 Å². The van der Waals surface area contributed by atoms with Crippen molar-refractivity contribution < 1.29 is 9.18 Å². The van der Waals surface area contributed by atoms with Crippen LogP contribution in [0.5, 0.6) is 0 Å². The summed E-state index contributed by atoms with van der Waals surface area (Å²) in [7, 11) is 3.49. The number of hydrogen-bond acceptors (Lipinski definition) is 3. The highest BCUT2D eigenvalue weighted by atomic mass is 19.1. The number of amidine groups is 1. The predicted molar refractivity (Wildman–Crippen MR) is 63.0 cm³/mol. The van der Waals surface area contributed by atoms with Crippen LogP contribution in [0.25, 0.3) is 0 Å². The Balaban J connectivity index is 2.43. The number of likely N-dealkylation sites (N-methyl/N-ethyl adjacent to an activating group) is 1. The highest BCUT2D eigenvalue weighted by Gasteiger charge is 2.37. The monoisotopic (exact) mass is 235 g/mol. The molecule has 0 radical (unpaired) electrons. The van der Waals surface area contributed by atoms with Crippen molar-refractivity contribution in [2.24, 2.45) is 4.99 Å². The number of carbonyl (C=O) groups excluding carboxylic acids is 1. The van der Waals surface area contributed by atoms with E-state index in [1.807, 2.05) is 0 Å². The van der Waals surface area contributed by atoms with Crippen LogP contribution in [-0.4, -0.2) is 30.7 Å². The van der Waals surface area contributed by atoms with Crippen molar-refractivity contribution in [1.82, 2.24) is 10.2 Å². The Hall–Kier alpha value is -1.91. The number of carbonyl (C=O) groups is 1. The zero-order valence-electron chi connectivity index (χ0n) is 9.99. The van der Waals surface area contributed by atoms with E-state index in [4.69, 9.17) is 0 Å². The highest BCUT2D eigenvalue weighted by Crippen LogP contribution is 2.26. The summed E-state index contributed by atoms with van der Waals surface area (Å²) in [6, 6.07) is 6.08. The number of nitrogens with zero attached hydrogens (tertiary/aromatic N) is 2. The summed E-state index contributed by atoms with van der Waals surface area (Å²) in [5, 5.41) is 2.75. The molecule has 1 amide bonds. The predicted octanol–water partition coefficient (Wildman–Crippen LogP) is 1.09. The number of halogens is 1. The first-order chi connectivity index (χ1) is 7.92. The first kappa shape index (κ1) is 11.6. The second kappa shape index (κ2) is 3.84. The van der Waals surface area contributed by atoms with Gasteiger partial charge in [0.1, 0.15) is 5.82 Å². The molecule has 1 N–H and O–H groups in total. The largest absolute Gasteiger partial charge is 0.358 e. The zero-order chi connectivity index (χ0) is 12.6. The van der Waals surface area contributed by atoms with Crippen molar-refractivity contribution in [3.63, 3.8) is 0 Å². The Morgan fingerprint density at radius 2 is 2.12 bits per heavy atom. The normalized spacial score (nSPS) is 23.3. The fraction of sp³-hybridized carbons (Fsp3) is 0.333. The minimum Gasteiger partial charge on any atom is -0.358 e. The first-order valence-electron chi connectivity index (χ1n) is 5.28. The zero-order valence-corrected chi connectivity index (χ0v) is 9.99. The molecule has 1 heterocycles. The van der Waals surface area contributed by atoms with Crippen LogP contribution in [0, 0.1) is 5.82 Å². The van der Waals surface area contributed by atoms with Crippen LogP contribution in [-0.2, 0) is 10.5 Å². The number of hydrogen-bond donors (Lipinski definition) is 1. The first-order valence-corrected chi connectivity index (χ1v) is 5.28. The molecule has 0 aliphatic carbocycles. The van der Waals surface area contributed by atoms with Crippen LogP contribution in [0.2, 0.25) is 0 Å². The summed E-state index contributed by atoms with van der Waals surface area (Å²) in [4.78, 5) is 17.7. The van der Waals surface area contributed by atoms with Gasteiger partial charge in [-0.2, -0.15) is 0 Å². The van der Waals surface area contributed by atoms with E-state index in [0.29, 0.717) is 11.4 Å². The highest BCUT2D eigenvalue weighted by molar-refractivity contribution is 6.39. The lowest BCUT2D eigenvalue weighted by Crippen LogP contribution is -2.39. The molecular weight excluding hydrogens is 221 g/mol.